The van der Waals surface area contributed by atoms with Gasteiger partial charge >= 0.3 is 0 Å². The molecule has 0 spiro atoms. The zero-order valence-corrected chi connectivity index (χ0v) is 18.7. The molecule has 0 aliphatic rings. The molecule has 0 aliphatic heterocycles. The van der Waals surface area contributed by atoms with Crippen molar-refractivity contribution in [2.24, 2.45) is 0 Å². The van der Waals surface area contributed by atoms with Crippen molar-refractivity contribution in [3.05, 3.63) is 59.9 Å². The Bertz CT molecular complexity index is 975. The van der Waals surface area contributed by atoms with Gasteiger partial charge in [-0.3, -0.25) is 15.0 Å². The van der Waals surface area contributed by atoms with E-state index in [9.17, 15) is 0 Å². The first kappa shape index (κ1) is 22.0. The largest absolute Gasteiger partial charge is 0.497 e. The normalized spacial score (nSPS) is 11.0. The van der Waals surface area contributed by atoms with Crippen LogP contribution in [0.2, 0.25) is 0 Å². The third-order valence-corrected chi connectivity index (χ3v) is 5.47. The number of hydrogen-bond acceptors (Lipinski definition) is 7. The molecular weight excluding hydrogens is 400 g/mol. The van der Waals surface area contributed by atoms with E-state index in [0.717, 1.165) is 33.3 Å². The maximum Gasteiger partial charge on any atom is 0.127 e. The number of anilines is 1. The summed E-state index contributed by atoms with van der Waals surface area (Å²) in [6, 6.07) is 11.8. The predicted octanol–water partition coefficient (Wildman–Crippen LogP) is 4.78. The summed E-state index contributed by atoms with van der Waals surface area (Å²) in [6.07, 6.45) is 3.98. The van der Waals surface area contributed by atoms with Gasteiger partial charge in [-0.05, 0) is 47.7 Å². The van der Waals surface area contributed by atoms with E-state index in [-0.39, 0.29) is 0 Å². The SMILES string of the molecule is CONc1ccc(-n2cc(C(C)C)cn2)c(SNCc2ccc(OC)cc2OC)c1. The van der Waals surface area contributed by atoms with Crippen LogP contribution in [-0.4, -0.2) is 31.1 Å². The molecule has 0 radical (unpaired) electrons. The van der Waals surface area contributed by atoms with E-state index in [1.807, 2.05) is 47.3 Å². The lowest BCUT2D eigenvalue weighted by Gasteiger charge is -2.14. The van der Waals surface area contributed by atoms with Crippen molar-refractivity contribution < 1.29 is 14.3 Å². The summed E-state index contributed by atoms with van der Waals surface area (Å²) in [4.78, 5) is 6.08. The van der Waals surface area contributed by atoms with Crippen LogP contribution in [0.5, 0.6) is 11.5 Å². The van der Waals surface area contributed by atoms with Crippen molar-refractivity contribution in [2.75, 3.05) is 26.8 Å². The van der Waals surface area contributed by atoms with Crippen LogP contribution in [0.25, 0.3) is 5.69 Å². The minimum absolute atomic E-state index is 0.421. The van der Waals surface area contributed by atoms with Crippen molar-refractivity contribution in [1.82, 2.24) is 14.5 Å². The standard InChI is InChI=1S/C22H28N4O3S/c1-15(2)17-12-23-26(14-17)20-9-7-18(25-29-5)10-22(20)30-24-13-16-6-8-19(27-3)11-21(16)28-4/h6-12,14-15,24-25H,13H2,1-5H3. The second-order valence-corrected chi connectivity index (χ2v) is 7.90. The molecule has 3 aromatic rings. The molecule has 2 aromatic carbocycles. The first-order valence-corrected chi connectivity index (χ1v) is 10.5. The molecule has 0 amide bonds. The van der Waals surface area contributed by atoms with Crippen LogP contribution >= 0.6 is 11.9 Å². The quantitative estimate of drug-likeness (QED) is 0.356. The van der Waals surface area contributed by atoms with Crippen LogP contribution < -0.4 is 19.7 Å². The average molecular weight is 429 g/mol. The summed E-state index contributed by atoms with van der Waals surface area (Å²) in [6.45, 7) is 4.94. The number of rotatable bonds is 10. The molecule has 30 heavy (non-hydrogen) atoms. The van der Waals surface area contributed by atoms with E-state index in [1.165, 1.54) is 17.5 Å². The second kappa shape index (κ2) is 10.4. The molecule has 0 fully saturated rings. The van der Waals surface area contributed by atoms with E-state index < -0.39 is 0 Å². The molecular formula is C22H28N4O3S. The van der Waals surface area contributed by atoms with Gasteiger partial charge in [0.05, 0.1) is 43.8 Å². The highest BCUT2D eigenvalue weighted by Crippen LogP contribution is 2.30. The van der Waals surface area contributed by atoms with Gasteiger partial charge in [0, 0.05) is 24.4 Å². The molecule has 0 atom stereocenters. The highest BCUT2D eigenvalue weighted by atomic mass is 32.2. The molecule has 0 bridgehead atoms. The fourth-order valence-electron chi connectivity index (χ4n) is 2.92. The fourth-order valence-corrected chi connectivity index (χ4v) is 3.76. The van der Waals surface area contributed by atoms with E-state index in [2.05, 4.69) is 35.3 Å². The van der Waals surface area contributed by atoms with Gasteiger partial charge in [-0.15, -0.1) is 0 Å². The molecule has 7 nitrogen and oxygen atoms in total. The van der Waals surface area contributed by atoms with Crippen LogP contribution in [-0.2, 0) is 11.4 Å². The number of hydrogen-bond donors (Lipinski definition) is 2. The summed E-state index contributed by atoms with van der Waals surface area (Å²) >= 11 is 1.53. The first-order valence-electron chi connectivity index (χ1n) is 9.64. The highest BCUT2D eigenvalue weighted by Gasteiger charge is 2.12. The summed E-state index contributed by atoms with van der Waals surface area (Å²) in [5.74, 6) is 1.97. The van der Waals surface area contributed by atoms with Gasteiger partial charge in [-0.25, -0.2) is 4.68 Å². The second-order valence-electron chi connectivity index (χ2n) is 6.96. The molecule has 0 aliphatic carbocycles. The van der Waals surface area contributed by atoms with Crippen LogP contribution in [0.15, 0.2) is 53.7 Å². The number of aromatic nitrogens is 2. The molecule has 0 unspecified atom stereocenters. The Labute approximate surface area is 181 Å². The van der Waals surface area contributed by atoms with Crippen LogP contribution in [0.4, 0.5) is 5.69 Å². The van der Waals surface area contributed by atoms with Crippen molar-refractivity contribution in [3.63, 3.8) is 0 Å². The molecule has 160 valence electrons. The van der Waals surface area contributed by atoms with Crippen molar-refractivity contribution in [1.29, 1.82) is 0 Å². The minimum atomic E-state index is 0.421. The minimum Gasteiger partial charge on any atom is -0.497 e. The molecule has 1 aromatic heterocycles. The fraction of sp³-hybridized carbons (Fsp3) is 0.318. The van der Waals surface area contributed by atoms with Gasteiger partial charge < -0.3 is 9.47 Å². The third kappa shape index (κ3) is 5.27. The first-order chi connectivity index (χ1) is 14.5. The van der Waals surface area contributed by atoms with E-state index in [1.54, 1.807) is 21.3 Å². The number of ether oxygens (including phenoxy) is 2. The Balaban J connectivity index is 1.80. The Morgan fingerprint density at radius 3 is 2.57 bits per heavy atom. The van der Waals surface area contributed by atoms with Gasteiger partial charge in [0.25, 0.3) is 0 Å². The summed E-state index contributed by atoms with van der Waals surface area (Å²) in [5, 5.41) is 4.55. The smallest absolute Gasteiger partial charge is 0.127 e. The van der Waals surface area contributed by atoms with Crippen molar-refractivity contribution in [2.45, 2.75) is 31.2 Å². The van der Waals surface area contributed by atoms with Crippen LogP contribution in [0.1, 0.15) is 30.9 Å². The lowest BCUT2D eigenvalue weighted by Crippen LogP contribution is -2.07. The number of methoxy groups -OCH3 is 2. The van der Waals surface area contributed by atoms with Crippen molar-refractivity contribution >= 4 is 17.6 Å². The van der Waals surface area contributed by atoms with Gasteiger partial charge in [0.15, 0.2) is 0 Å². The number of benzene rings is 2. The Morgan fingerprint density at radius 2 is 1.90 bits per heavy atom. The molecule has 3 rings (SSSR count). The number of nitrogens with zero attached hydrogens (tertiary/aromatic N) is 2. The summed E-state index contributed by atoms with van der Waals surface area (Å²) < 4.78 is 16.1. The molecule has 0 saturated heterocycles. The zero-order valence-electron chi connectivity index (χ0n) is 17.9. The number of nitrogens with one attached hydrogen (secondary N) is 2. The predicted molar refractivity (Wildman–Crippen MR) is 121 cm³/mol. The van der Waals surface area contributed by atoms with Crippen molar-refractivity contribution in [3.8, 4) is 17.2 Å². The van der Waals surface area contributed by atoms with Crippen LogP contribution in [0, 0.1) is 0 Å². The zero-order chi connectivity index (χ0) is 21.5. The topological polar surface area (TPSA) is 69.6 Å². The summed E-state index contributed by atoms with van der Waals surface area (Å²) in [7, 11) is 4.90. The monoisotopic (exact) mass is 428 g/mol. The Morgan fingerprint density at radius 1 is 1.07 bits per heavy atom. The van der Waals surface area contributed by atoms with E-state index in [4.69, 9.17) is 14.3 Å². The van der Waals surface area contributed by atoms with Gasteiger partial charge in [-0.1, -0.05) is 19.9 Å². The lowest BCUT2D eigenvalue weighted by atomic mass is 10.1. The molecule has 1 heterocycles. The molecule has 0 saturated carbocycles. The van der Waals surface area contributed by atoms with Gasteiger partial charge in [0.2, 0.25) is 0 Å². The van der Waals surface area contributed by atoms with Crippen LogP contribution in [0.3, 0.4) is 0 Å². The third-order valence-electron chi connectivity index (χ3n) is 4.63. The van der Waals surface area contributed by atoms with Gasteiger partial charge in [-0.2, -0.15) is 5.10 Å². The van der Waals surface area contributed by atoms with E-state index in [0.29, 0.717) is 12.5 Å². The maximum atomic E-state index is 5.49. The average Bonchev–Trinajstić information content (AvgIpc) is 3.25. The maximum absolute atomic E-state index is 5.49. The van der Waals surface area contributed by atoms with Gasteiger partial charge in [0.1, 0.15) is 11.5 Å². The molecule has 2 N–H and O–H groups in total. The Hall–Kier alpha value is -2.68. The lowest BCUT2D eigenvalue weighted by molar-refractivity contribution is 0.271. The summed E-state index contributed by atoms with van der Waals surface area (Å²) in [5.41, 5.74) is 6.97. The highest BCUT2D eigenvalue weighted by molar-refractivity contribution is 7.97. The molecule has 8 heteroatoms. The van der Waals surface area contributed by atoms with E-state index >= 15 is 0 Å². The Kier molecular flexibility index (Phi) is 7.62.